The van der Waals surface area contributed by atoms with Gasteiger partial charge in [-0.05, 0) is 99.7 Å². The predicted molar refractivity (Wildman–Crippen MR) is 140 cm³/mol. The molecule has 0 N–H and O–H groups in total. The number of unbranched alkanes of at least 4 members (excludes halogenated alkanes) is 3. The molecule has 0 saturated heterocycles. The van der Waals surface area contributed by atoms with Gasteiger partial charge in [-0.3, -0.25) is 0 Å². The number of rotatable bonds is 14. The summed E-state index contributed by atoms with van der Waals surface area (Å²) in [5.74, 6) is 1.71. The molecule has 2 aliphatic carbocycles. The Labute approximate surface area is 199 Å². The highest BCUT2D eigenvalue weighted by Crippen LogP contribution is 2.47. The molecule has 1 nitrogen and oxygen atoms in total. The molecule has 180 valence electrons. The largest absolute Gasteiger partial charge is 0.494 e. The molecule has 32 heavy (non-hydrogen) atoms. The summed E-state index contributed by atoms with van der Waals surface area (Å²) < 4.78 is 5.86. The van der Waals surface area contributed by atoms with Gasteiger partial charge in [0.1, 0.15) is 5.75 Å². The van der Waals surface area contributed by atoms with Gasteiger partial charge in [0.05, 0.1) is 6.61 Å². The first-order valence-corrected chi connectivity index (χ1v) is 14.2. The van der Waals surface area contributed by atoms with Crippen LogP contribution in [-0.2, 0) is 0 Å². The zero-order valence-corrected chi connectivity index (χ0v) is 21.3. The first kappa shape index (κ1) is 25.4. The molecule has 3 rings (SSSR count). The Balaban J connectivity index is 1.68. The van der Waals surface area contributed by atoms with Crippen LogP contribution in [-0.4, -0.2) is 6.61 Å². The Kier molecular flexibility index (Phi) is 11.2. The van der Waals surface area contributed by atoms with E-state index in [4.69, 9.17) is 4.74 Å². The van der Waals surface area contributed by atoms with Crippen molar-refractivity contribution in [3.63, 3.8) is 0 Å². The maximum Gasteiger partial charge on any atom is 0.119 e. The summed E-state index contributed by atoms with van der Waals surface area (Å²) in [6.07, 6.45) is 27.6. The summed E-state index contributed by atoms with van der Waals surface area (Å²) in [7, 11) is 0. The molecule has 0 radical (unpaired) electrons. The van der Waals surface area contributed by atoms with Crippen LogP contribution in [0.3, 0.4) is 0 Å². The highest BCUT2D eigenvalue weighted by molar-refractivity contribution is 5.30. The van der Waals surface area contributed by atoms with Crippen molar-refractivity contribution in [2.24, 2.45) is 5.41 Å². The molecule has 2 aliphatic rings. The van der Waals surface area contributed by atoms with Crippen LogP contribution < -0.4 is 4.74 Å². The van der Waals surface area contributed by atoms with E-state index in [9.17, 15) is 0 Å². The third-order valence-corrected chi connectivity index (χ3v) is 8.22. The number of benzene rings is 1. The lowest BCUT2D eigenvalue weighted by molar-refractivity contribution is 0.144. The standard InChI is InChI=1S/C31H50O/c1-3-5-6-11-21-31(22-12-8-13-23-31)24-20-29(26-27-14-9-7-10-15-27)28-16-18-30(19-17-28)32-25-4-2/h14,16-19,29H,3-13,15,20-26H2,1-2H3. The molecule has 1 aromatic carbocycles. The van der Waals surface area contributed by atoms with Crippen molar-refractivity contribution in [1.29, 1.82) is 0 Å². The monoisotopic (exact) mass is 438 g/mol. The Morgan fingerprint density at radius 2 is 1.66 bits per heavy atom. The molecule has 1 unspecified atom stereocenters. The summed E-state index contributed by atoms with van der Waals surface area (Å²) in [5, 5.41) is 0. The summed E-state index contributed by atoms with van der Waals surface area (Å²) in [4.78, 5) is 0. The van der Waals surface area contributed by atoms with Crippen molar-refractivity contribution >= 4 is 0 Å². The van der Waals surface area contributed by atoms with Crippen LogP contribution in [0.25, 0.3) is 0 Å². The van der Waals surface area contributed by atoms with Crippen molar-refractivity contribution < 1.29 is 4.74 Å². The Hall–Kier alpha value is -1.24. The molecule has 1 heteroatoms. The normalized spacial score (nSPS) is 19.4. The topological polar surface area (TPSA) is 9.23 Å². The van der Waals surface area contributed by atoms with Gasteiger partial charge in [0.25, 0.3) is 0 Å². The van der Waals surface area contributed by atoms with Gasteiger partial charge >= 0.3 is 0 Å². The van der Waals surface area contributed by atoms with Crippen molar-refractivity contribution in [2.75, 3.05) is 6.61 Å². The van der Waals surface area contributed by atoms with Crippen LogP contribution in [0.1, 0.15) is 141 Å². The van der Waals surface area contributed by atoms with Gasteiger partial charge in [0, 0.05) is 0 Å². The third-order valence-electron chi connectivity index (χ3n) is 8.22. The van der Waals surface area contributed by atoms with Crippen molar-refractivity contribution in [3.8, 4) is 5.75 Å². The molecule has 0 spiro atoms. The quantitative estimate of drug-likeness (QED) is 0.207. The van der Waals surface area contributed by atoms with E-state index in [0.29, 0.717) is 11.3 Å². The zero-order chi connectivity index (χ0) is 22.5. The second-order valence-electron chi connectivity index (χ2n) is 10.8. The summed E-state index contributed by atoms with van der Waals surface area (Å²) >= 11 is 0. The first-order chi connectivity index (χ1) is 15.7. The lowest BCUT2D eigenvalue weighted by atomic mass is 9.66. The van der Waals surface area contributed by atoms with E-state index in [1.54, 1.807) is 5.57 Å². The zero-order valence-electron chi connectivity index (χ0n) is 21.3. The van der Waals surface area contributed by atoms with Crippen LogP contribution in [0, 0.1) is 5.41 Å². The number of hydrogen-bond acceptors (Lipinski definition) is 1. The van der Waals surface area contributed by atoms with E-state index < -0.39 is 0 Å². The molecular weight excluding hydrogens is 388 g/mol. The summed E-state index contributed by atoms with van der Waals surface area (Å²) in [6.45, 7) is 5.32. The summed E-state index contributed by atoms with van der Waals surface area (Å²) in [6, 6.07) is 9.17. The molecule has 1 atom stereocenters. The van der Waals surface area contributed by atoms with Gasteiger partial charge in [-0.2, -0.15) is 0 Å². The fourth-order valence-corrected chi connectivity index (χ4v) is 6.18. The van der Waals surface area contributed by atoms with E-state index in [0.717, 1.165) is 18.8 Å². The van der Waals surface area contributed by atoms with Crippen LogP contribution in [0.4, 0.5) is 0 Å². The molecular formula is C31H50O. The van der Waals surface area contributed by atoms with E-state index in [1.165, 1.54) is 115 Å². The summed E-state index contributed by atoms with van der Waals surface area (Å²) in [5.41, 5.74) is 3.90. The Morgan fingerprint density at radius 1 is 0.844 bits per heavy atom. The van der Waals surface area contributed by atoms with Crippen molar-refractivity contribution in [3.05, 3.63) is 41.5 Å². The SMILES string of the molecule is CCCCCCC1(CCC(CC2=CCCCC2)c2ccc(OCCC)cc2)CCCCC1. The number of hydrogen-bond donors (Lipinski definition) is 0. The minimum absolute atomic E-state index is 0.634. The lowest BCUT2D eigenvalue weighted by Crippen LogP contribution is -2.25. The van der Waals surface area contributed by atoms with E-state index >= 15 is 0 Å². The fraction of sp³-hybridized carbons (Fsp3) is 0.742. The van der Waals surface area contributed by atoms with Crippen LogP contribution in [0.2, 0.25) is 0 Å². The second kappa shape index (κ2) is 14.1. The Bertz CT molecular complexity index is 650. The van der Waals surface area contributed by atoms with Gasteiger partial charge in [0.2, 0.25) is 0 Å². The minimum Gasteiger partial charge on any atom is -0.494 e. The predicted octanol–water partition coefficient (Wildman–Crippen LogP) is 10.2. The van der Waals surface area contributed by atoms with Crippen LogP contribution in [0.15, 0.2) is 35.9 Å². The molecule has 1 saturated carbocycles. The molecule has 0 aliphatic heterocycles. The number of allylic oxidation sites excluding steroid dienone is 2. The second-order valence-corrected chi connectivity index (χ2v) is 10.8. The van der Waals surface area contributed by atoms with Gasteiger partial charge in [0.15, 0.2) is 0 Å². The fourth-order valence-electron chi connectivity index (χ4n) is 6.18. The maximum absolute atomic E-state index is 5.86. The lowest BCUT2D eigenvalue weighted by Gasteiger charge is -2.39. The van der Waals surface area contributed by atoms with Gasteiger partial charge < -0.3 is 4.74 Å². The highest BCUT2D eigenvalue weighted by atomic mass is 16.5. The van der Waals surface area contributed by atoms with Crippen molar-refractivity contribution in [2.45, 2.75) is 135 Å². The molecule has 0 amide bonds. The van der Waals surface area contributed by atoms with E-state index in [2.05, 4.69) is 44.2 Å². The van der Waals surface area contributed by atoms with Crippen molar-refractivity contribution in [1.82, 2.24) is 0 Å². The van der Waals surface area contributed by atoms with Crippen LogP contribution in [0.5, 0.6) is 5.75 Å². The third kappa shape index (κ3) is 8.27. The molecule has 0 aromatic heterocycles. The molecule has 0 bridgehead atoms. The van der Waals surface area contributed by atoms with Gasteiger partial charge in [-0.15, -0.1) is 0 Å². The average molecular weight is 439 g/mol. The number of ether oxygens (including phenoxy) is 1. The minimum atomic E-state index is 0.634. The smallest absolute Gasteiger partial charge is 0.119 e. The van der Waals surface area contributed by atoms with E-state index in [1.807, 2.05) is 0 Å². The van der Waals surface area contributed by atoms with Gasteiger partial charge in [-0.1, -0.05) is 82.6 Å². The average Bonchev–Trinajstić information content (AvgIpc) is 2.85. The highest BCUT2D eigenvalue weighted by Gasteiger charge is 2.32. The maximum atomic E-state index is 5.86. The molecule has 1 aromatic rings. The molecule has 1 fully saturated rings. The molecule has 0 heterocycles. The Morgan fingerprint density at radius 3 is 2.34 bits per heavy atom. The van der Waals surface area contributed by atoms with E-state index in [-0.39, 0.29) is 0 Å². The first-order valence-electron chi connectivity index (χ1n) is 14.2. The van der Waals surface area contributed by atoms with Crippen LogP contribution >= 0.6 is 0 Å². The van der Waals surface area contributed by atoms with Gasteiger partial charge in [-0.25, -0.2) is 0 Å².